The van der Waals surface area contributed by atoms with Crippen molar-refractivity contribution in [2.75, 3.05) is 0 Å². The Labute approximate surface area is 70.2 Å². The molecule has 3 heteroatoms. The van der Waals surface area contributed by atoms with Gasteiger partial charge in [0.2, 0.25) is 0 Å². The molecule has 1 aromatic carbocycles. The van der Waals surface area contributed by atoms with E-state index in [1.165, 1.54) is 6.07 Å². The van der Waals surface area contributed by atoms with Crippen LogP contribution in [0.3, 0.4) is 0 Å². The lowest BCUT2D eigenvalue weighted by molar-refractivity contribution is -0.107. The lowest BCUT2D eigenvalue weighted by Gasteiger charge is -2.00. The lowest BCUT2D eigenvalue weighted by Crippen LogP contribution is -1.99. The molecule has 0 unspecified atom stereocenters. The zero-order valence-corrected chi connectivity index (χ0v) is 6.59. The zero-order chi connectivity index (χ0) is 8.97. The highest BCUT2D eigenvalue weighted by Gasteiger charge is 2.01. The zero-order valence-electron chi connectivity index (χ0n) is 6.59. The number of halogens is 1. The number of carbonyl (C=O) groups is 1. The third-order valence-electron chi connectivity index (χ3n) is 1.66. The Morgan fingerprint density at radius 1 is 1.50 bits per heavy atom. The van der Waals surface area contributed by atoms with Crippen molar-refractivity contribution in [3.8, 4) is 0 Å². The summed E-state index contributed by atoms with van der Waals surface area (Å²) in [6.45, 7) is 0.318. The van der Waals surface area contributed by atoms with Crippen LogP contribution in [0.5, 0.6) is 0 Å². The molecule has 0 saturated carbocycles. The van der Waals surface area contributed by atoms with Crippen molar-refractivity contribution in [3.63, 3.8) is 0 Å². The number of aldehydes is 1. The minimum Gasteiger partial charge on any atom is -0.326 e. The van der Waals surface area contributed by atoms with Crippen molar-refractivity contribution in [2.45, 2.75) is 13.0 Å². The van der Waals surface area contributed by atoms with Crippen LogP contribution in [-0.4, -0.2) is 6.29 Å². The molecule has 0 aliphatic carbocycles. The fraction of sp³-hybridized carbons (Fsp3) is 0.222. The second-order valence-electron chi connectivity index (χ2n) is 2.50. The minimum absolute atomic E-state index is 0.122. The molecular weight excluding hydrogens is 157 g/mol. The van der Waals surface area contributed by atoms with Crippen LogP contribution in [0.2, 0.25) is 0 Å². The molecule has 2 N–H and O–H groups in total. The van der Waals surface area contributed by atoms with Crippen LogP contribution < -0.4 is 5.73 Å². The topological polar surface area (TPSA) is 43.1 Å². The Bertz CT molecular complexity index is 286. The maximum Gasteiger partial charge on any atom is 0.127 e. The predicted molar refractivity (Wildman–Crippen MR) is 44.1 cm³/mol. The molecule has 0 bridgehead atoms. The van der Waals surface area contributed by atoms with E-state index in [9.17, 15) is 9.18 Å². The second-order valence-corrected chi connectivity index (χ2v) is 2.50. The summed E-state index contributed by atoms with van der Waals surface area (Å²) in [4.78, 5) is 10.1. The summed E-state index contributed by atoms with van der Waals surface area (Å²) in [5, 5.41) is 0. The first-order valence-corrected chi connectivity index (χ1v) is 3.69. The molecule has 0 aliphatic heterocycles. The van der Waals surface area contributed by atoms with Gasteiger partial charge in [-0.2, -0.15) is 0 Å². The summed E-state index contributed by atoms with van der Waals surface area (Å²) >= 11 is 0. The fourth-order valence-corrected chi connectivity index (χ4v) is 0.973. The number of hydrogen-bond acceptors (Lipinski definition) is 2. The number of nitrogens with two attached hydrogens (primary N) is 1. The molecule has 12 heavy (non-hydrogen) atoms. The molecule has 0 amide bonds. The molecule has 0 atom stereocenters. The first-order valence-electron chi connectivity index (χ1n) is 3.69. The van der Waals surface area contributed by atoms with Crippen LogP contribution in [0.1, 0.15) is 11.1 Å². The van der Waals surface area contributed by atoms with Crippen molar-refractivity contribution in [3.05, 3.63) is 35.1 Å². The largest absolute Gasteiger partial charge is 0.326 e. The van der Waals surface area contributed by atoms with E-state index < -0.39 is 0 Å². The summed E-state index contributed by atoms with van der Waals surface area (Å²) in [5.74, 6) is -0.356. The van der Waals surface area contributed by atoms with Crippen LogP contribution in [0.4, 0.5) is 4.39 Å². The smallest absolute Gasteiger partial charge is 0.127 e. The highest BCUT2D eigenvalue weighted by Crippen LogP contribution is 2.09. The molecule has 0 aromatic heterocycles. The Kier molecular flexibility index (Phi) is 2.94. The van der Waals surface area contributed by atoms with Gasteiger partial charge in [-0.15, -0.1) is 0 Å². The van der Waals surface area contributed by atoms with E-state index in [-0.39, 0.29) is 12.2 Å². The van der Waals surface area contributed by atoms with Gasteiger partial charge in [0.15, 0.2) is 0 Å². The number of rotatable bonds is 3. The van der Waals surface area contributed by atoms with Crippen LogP contribution >= 0.6 is 0 Å². The average molecular weight is 167 g/mol. The number of carbonyl (C=O) groups excluding carboxylic acids is 1. The van der Waals surface area contributed by atoms with E-state index in [1.54, 1.807) is 12.1 Å². The molecule has 64 valence electrons. The third kappa shape index (κ3) is 1.89. The van der Waals surface area contributed by atoms with Crippen molar-refractivity contribution in [1.82, 2.24) is 0 Å². The molecule has 2 nitrogen and oxygen atoms in total. The summed E-state index contributed by atoms with van der Waals surface area (Å²) in [6, 6.07) is 4.67. The Balaban J connectivity index is 2.94. The maximum absolute atomic E-state index is 13.0. The van der Waals surface area contributed by atoms with Gasteiger partial charge in [0.25, 0.3) is 0 Å². The lowest BCUT2D eigenvalue weighted by atomic mass is 10.1. The summed E-state index contributed by atoms with van der Waals surface area (Å²) < 4.78 is 13.0. The van der Waals surface area contributed by atoms with Gasteiger partial charge in [0.05, 0.1) is 0 Å². The molecule has 0 fully saturated rings. The SMILES string of the molecule is NCc1ccc(CC=O)c(F)c1. The van der Waals surface area contributed by atoms with E-state index in [0.29, 0.717) is 18.4 Å². The molecular formula is C9H10FNO. The van der Waals surface area contributed by atoms with E-state index in [4.69, 9.17) is 5.73 Å². The van der Waals surface area contributed by atoms with Crippen LogP contribution in [0, 0.1) is 5.82 Å². The average Bonchev–Trinajstić information content (AvgIpc) is 2.09. The van der Waals surface area contributed by atoms with Gasteiger partial charge >= 0.3 is 0 Å². The fourth-order valence-electron chi connectivity index (χ4n) is 0.973. The van der Waals surface area contributed by atoms with Crippen LogP contribution in [0.15, 0.2) is 18.2 Å². The Morgan fingerprint density at radius 2 is 2.25 bits per heavy atom. The highest BCUT2D eigenvalue weighted by atomic mass is 19.1. The second kappa shape index (κ2) is 3.97. The number of benzene rings is 1. The van der Waals surface area contributed by atoms with Crippen molar-refractivity contribution < 1.29 is 9.18 Å². The van der Waals surface area contributed by atoms with Crippen LogP contribution in [-0.2, 0) is 17.8 Å². The molecule has 1 rings (SSSR count). The minimum atomic E-state index is -0.356. The molecule has 0 aliphatic rings. The molecule has 0 saturated heterocycles. The quantitative estimate of drug-likeness (QED) is 0.683. The van der Waals surface area contributed by atoms with E-state index >= 15 is 0 Å². The standard InChI is InChI=1S/C9H10FNO/c10-9-5-7(6-11)1-2-8(9)3-4-12/h1-2,4-5H,3,6,11H2. The molecule has 1 aromatic rings. The first kappa shape index (κ1) is 8.87. The summed E-state index contributed by atoms with van der Waals surface area (Å²) in [5.41, 5.74) is 6.46. The summed E-state index contributed by atoms with van der Waals surface area (Å²) in [7, 11) is 0. The van der Waals surface area contributed by atoms with Gasteiger partial charge in [0, 0.05) is 13.0 Å². The van der Waals surface area contributed by atoms with Crippen molar-refractivity contribution in [2.24, 2.45) is 5.73 Å². The van der Waals surface area contributed by atoms with Gasteiger partial charge < -0.3 is 10.5 Å². The van der Waals surface area contributed by atoms with Gasteiger partial charge in [-0.3, -0.25) is 0 Å². The van der Waals surface area contributed by atoms with Gasteiger partial charge in [-0.25, -0.2) is 4.39 Å². The Morgan fingerprint density at radius 3 is 2.75 bits per heavy atom. The Hall–Kier alpha value is -1.22. The first-order chi connectivity index (χ1) is 5.77. The normalized spacial score (nSPS) is 9.83. The van der Waals surface area contributed by atoms with Gasteiger partial charge in [-0.1, -0.05) is 12.1 Å². The molecule has 0 spiro atoms. The van der Waals surface area contributed by atoms with E-state index in [0.717, 1.165) is 5.56 Å². The summed E-state index contributed by atoms with van der Waals surface area (Å²) in [6.07, 6.45) is 0.803. The molecule has 0 heterocycles. The van der Waals surface area contributed by atoms with Crippen molar-refractivity contribution in [1.29, 1.82) is 0 Å². The van der Waals surface area contributed by atoms with E-state index in [1.807, 2.05) is 0 Å². The van der Waals surface area contributed by atoms with E-state index in [2.05, 4.69) is 0 Å². The molecule has 0 radical (unpaired) electrons. The third-order valence-corrected chi connectivity index (χ3v) is 1.66. The highest BCUT2D eigenvalue weighted by molar-refractivity contribution is 5.55. The van der Waals surface area contributed by atoms with Gasteiger partial charge in [0.1, 0.15) is 12.1 Å². The monoisotopic (exact) mass is 167 g/mol. The maximum atomic E-state index is 13.0. The van der Waals surface area contributed by atoms with Gasteiger partial charge in [-0.05, 0) is 17.2 Å². The van der Waals surface area contributed by atoms with Crippen molar-refractivity contribution >= 4 is 6.29 Å². The van der Waals surface area contributed by atoms with Crippen LogP contribution in [0.25, 0.3) is 0 Å². The number of hydrogen-bond donors (Lipinski definition) is 1. The predicted octanol–water partition coefficient (Wildman–Crippen LogP) is 1.03.